The monoisotopic (exact) mass is 323 g/mol. The van der Waals surface area contributed by atoms with Gasteiger partial charge in [0.15, 0.2) is 6.61 Å². The topological polar surface area (TPSA) is 87.2 Å². The number of halogens is 2. The molecular formula is C15H15F2N3O3. The molecule has 122 valence electrons. The van der Waals surface area contributed by atoms with E-state index >= 15 is 0 Å². The van der Waals surface area contributed by atoms with E-state index in [2.05, 4.69) is 5.10 Å². The van der Waals surface area contributed by atoms with Gasteiger partial charge in [-0.05, 0) is 24.6 Å². The Hall–Kier alpha value is -2.77. The van der Waals surface area contributed by atoms with E-state index in [1.165, 1.54) is 4.68 Å². The van der Waals surface area contributed by atoms with Crippen LogP contribution in [0.3, 0.4) is 0 Å². The number of ether oxygens (including phenoxy) is 1. The van der Waals surface area contributed by atoms with Gasteiger partial charge < -0.3 is 10.5 Å². The molecule has 0 saturated carbocycles. The number of nitrogens with two attached hydrogens (primary N) is 1. The van der Waals surface area contributed by atoms with Gasteiger partial charge in [0.25, 0.3) is 0 Å². The van der Waals surface area contributed by atoms with Crippen LogP contribution in [0.1, 0.15) is 33.3 Å². The lowest BCUT2D eigenvalue weighted by molar-refractivity contribution is 0.0473. The fourth-order valence-electron chi connectivity index (χ4n) is 2.06. The summed E-state index contributed by atoms with van der Waals surface area (Å²) in [5.74, 6) is -3.22. The first-order valence-electron chi connectivity index (χ1n) is 6.81. The fraction of sp³-hybridized carbons (Fsp3) is 0.267. The average Bonchev–Trinajstić information content (AvgIpc) is 2.82. The summed E-state index contributed by atoms with van der Waals surface area (Å²) in [4.78, 5) is 23.9. The Kier molecular flexibility index (Phi) is 4.73. The van der Waals surface area contributed by atoms with Gasteiger partial charge in [-0.25, -0.2) is 13.6 Å². The fourth-order valence-corrected chi connectivity index (χ4v) is 2.06. The normalized spacial score (nSPS) is 10.6. The van der Waals surface area contributed by atoms with Crippen LogP contribution in [-0.2, 0) is 18.2 Å². The third-order valence-corrected chi connectivity index (χ3v) is 3.27. The molecule has 2 rings (SSSR count). The number of esters is 1. The minimum absolute atomic E-state index is 0.0718. The summed E-state index contributed by atoms with van der Waals surface area (Å²) < 4.78 is 32.8. The van der Waals surface area contributed by atoms with Crippen molar-refractivity contribution in [2.45, 2.75) is 13.3 Å². The van der Waals surface area contributed by atoms with Gasteiger partial charge in [0.1, 0.15) is 23.0 Å². The van der Waals surface area contributed by atoms with Crippen molar-refractivity contribution in [2.75, 3.05) is 12.3 Å². The summed E-state index contributed by atoms with van der Waals surface area (Å²) in [5.41, 5.74) is 5.77. The van der Waals surface area contributed by atoms with E-state index in [-0.39, 0.29) is 11.4 Å². The van der Waals surface area contributed by atoms with E-state index in [4.69, 9.17) is 10.5 Å². The highest BCUT2D eigenvalue weighted by Gasteiger charge is 2.23. The molecule has 0 aliphatic rings. The van der Waals surface area contributed by atoms with Gasteiger partial charge in [-0.2, -0.15) is 5.10 Å². The molecule has 0 saturated heterocycles. The highest BCUT2D eigenvalue weighted by molar-refractivity contribution is 6.01. The molecule has 0 atom stereocenters. The molecule has 1 aromatic heterocycles. The lowest BCUT2D eigenvalue weighted by atomic mass is 10.1. The Bertz CT molecular complexity index is 772. The molecule has 1 aromatic carbocycles. The Balaban J connectivity index is 2.13. The summed E-state index contributed by atoms with van der Waals surface area (Å²) in [5, 5.41) is 4.06. The Morgan fingerprint density at radius 2 is 2.04 bits per heavy atom. The summed E-state index contributed by atoms with van der Waals surface area (Å²) in [6, 6.07) is 2.47. The predicted octanol–water partition coefficient (Wildman–Crippen LogP) is 1.88. The van der Waals surface area contributed by atoms with Gasteiger partial charge >= 0.3 is 5.97 Å². The molecule has 8 heteroatoms. The molecule has 0 fully saturated rings. The number of rotatable bonds is 5. The molecule has 2 N–H and O–H groups in total. The molecule has 23 heavy (non-hydrogen) atoms. The number of aromatic nitrogens is 2. The zero-order valence-corrected chi connectivity index (χ0v) is 12.6. The molecule has 0 amide bonds. The van der Waals surface area contributed by atoms with E-state index in [0.29, 0.717) is 12.1 Å². The van der Waals surface area contributed by atoms with Crippen LogP contribution in [0.4, 0.5) is 14.6 Å². The van der Waals surface area contributed by atoms with Crippen LogP contribution < -0.4 is 5.73 Å². The standard InChI is InChI=1S/C15H15F2N3O3/c1-3-11-13(14(18)20(2)19-11)15(22)23-7-12(21)9-6-8(16)4-5-10(9)17/h4-6H,3,7,18H2,1-2H3. The largest absolute Gasteiger partial charge is 0.454 e. The van der Waals surface area contributed by atoms with Crippen molar-refractivity contribution >= 4 is 17.6 Å². The molecule has 0 spiro atoms. The van der Waals surface area contributed by atoms with Crippen molar-refractivity contribution in [2.24, 2.45) is 7.05 Å². The summed E-state index contributed by atoms with van der Waals surface area (Å²) in [6.07, 6.45) is 0.446. The molecule has 0 radical (unpaired) electrons. The van der Waals surface area contributed by atoms with Crippen molar-refractivity contribution in [3.8, 4) is 0 Å². The van der Waals surface area contributed by atoms with E-state index < -0.39 is 35.6 Å². The van der Waals surface area contributed by atoms with Gasteiger partial charge in [0, 0.05) is 7.05 Å². The molecule has 2 aromatic rings. The molecular weight excluding hydrogens is 308 g/mol. The summed E-state index contributed by atoms with van der Waals surface area (Å²) in [7, 11) is 1.57. The number of hydrogen-bond acceptors (Lipinski definition) is 5. The first-order chi connectivity index (χ1) is 10.8. The van der Waals surface area contributed by atoms with Gasteiger partial charge in [-0.1, -0.05) is 6.92 Å². The maximum absolute atomic E-state index is 13.5. The maximum Gasteiger partial charge on any atom is 0.344 e. The molecule has 0 bridgehead atoms. The molecule has 6 nitrogen and oxygen atoms in total. The van der Waals surface area contributed by atoms with Gasteiger partial charge in [0.05, 0.1) is 11.3 Å². The quantitative estimate of drug-likeness (QED) is 0.670. The first-order valence-corrected chi connectivity index (χ1v) is 6.81. The Labute approximate surface area is 130 Å². The minimum atomic E-state index is -0.886. The number of hydrogen-bond donors (Lipinski definition) is 1. The van der Waals surface area contributed by atoms with E-state index in [0.717, 1.165) is 18.2 Å². The number of Topliss-reactive ketones (excluding diaryl/α,β-unsaturated/α-hetero) is 1. The Morgan fingerprint density at radius 1 is 1.35 bits per heavy atom. The zero-order chi connectivity index (χ0) is 17.1. The van der Waals surface area contributed by atoms with Crippen LogP contribution in [0.15, 0.2) is 18.2 Å². The number of carbonyl (C=O) groups is 2. The van der Waals surface area contributed by atoms with Crippen molar-refractivity contribution in [3.63, 3.8) is 0 Å². The van der Waals surface area contributed by atoms with Gasteiger partial charge in [-0.15, -0.1) is 0 Å². The van der Waals surface area contributed by atoms with E-state index in [9.17, 15) is 18.4 Å². The van der Waals surface area contributed by atoms with Gasteiger partial charge in [-0.3, -0.25) is 9.48 Å². The first kappa shape index (κ1) is 16.6. The number of ketones is 1. The smallest absolute Gasteiger partial charge is 0.344 e. The van der Waals surface area contributed by atoms with Crippen LogP contribution in [0.2, 0.25) is 0 Å². The average molecular weight is 323 g/mol. The number of benzene rings is 1. The molecule has 0 unspecified atom stereocenters. The second-order valence-electron chi connectivity index (χ2n) is 4.81. The third kappa shape index (κ3) is 3.36. The van der Waals surface area contributed by atoms with Crippen molar-refractivity contribution in [1.82, 2.24) is 9.78 Å². The SMILES string of the molecule is CCc1nn(C)c(N)c1C(=O)OCC(=O)c1cc(F)ccc1F. The third-order valence-electron chi connectivity index (χ3n) is 3.27. The van der Waals surface area contributed by atoms with Crippen LogP contribution in [0.5, 0.6) is 0 Å². The van der Waals surface area contributed by atoms with E-state index in [1.54, 1.807) is 14.0 Å². The summed E-state index contributed by atoms with van der Waals surface area (Å²) >= 11 is 0. The Morgan fingerprint density at radius 3 is 2.70 bits per heavy atom. The van der Waals surface area contributed by atoms with Crippen LogP contribution in [0, 0.1) is 11.6 Å². The zero-order valence-electron chi connectivity index (χ0n) is 12.6. The second-order valence-corrected chi connectivity index (χ2v) is 4.81. The van der Waals surface area contributed by atoms with Crippen molar-refractivity contribution < 1.29 is 23.1 Å². The lowest BCUT2D eigenvalue weighted by Gasteiger charge is -2.06. The summed E-state index contributed by atoms with van der Waals surface area (Å²) in [6.45, 7) is 1.06. The highest BCUT2D eigenvalue weighted by Crippen LogP contribution is 2.18. The van der Waals surface area contributed by atoms with Crippen molar-refractivity contribution in [1.29, 1.82) is 0 Å². The lowest BCUT2D eigenvalue weighted by Crippen LogP contribution is -2.17. The van der Waals surface area contributed by atoms with Crippen molar-refractivity contribution in [3.05, 3.63) is 46.7 Å². The van der Waals surface area contributed by atoms with Crippen LogP contribution in [-0.4, -0.2) is 28.1 Å². The number of aryl methyl sites for hydroxylation is 2. The van der Waals surface area contributed by atoms with Crippen LogP contribution in [0.25, 0.3) is 0 Å². The number of nitrogen functional groups attached to an aromatic ring is 1. The number of nitrogens with zero attached hydrogens (tertiary/aromatic N) is 2. The number of anilines is 1. The van der Waals surface area contributed by atoms with E-state index in [1.807, 2.05) is 0 Å². The predicted molar refractivity (Wildman–Crippen MR) is 78.0 cm³/mol. The molecule has 0 aliphatic carbocycles. The number of carbonyl (C=O) groups excluding carboxylic acids is 2. The molecule has 1 heterocycles. The molecule has 0 aliphatic heterocycles. The second kappa shape index (κ2) is 6.55. The van der Waals surface area contributed by atoms with Gasteiger partial charge in [0.2, 0.25) is 5.78 Å². The minimum Gasteiger partial charge on any atom is -0.454 e. The van der Waals surface area contributed by atoms with Crippen LogP contribution >= 0.6 is 0 Å². The highest BCUT2D eigenvalue weighted by atomic mass is 19.1. The maximum atomic E-state index is 13.5.